The highest BCUT2D eigenvalue weighted by Crippen LogP contribution is 2.25. The quantitative estimate of drug-likeness (QED) is 0.708. The van der Waals surface area contributed by atoms with Crippen LogP contribution in [0.3, 0.4) is 0 Å². The summed E-state index contributed by atoms with van der Waals surface area (Å²) in [7, 11) is 0. The molecule has 0 spiro atoms. The lowest BCUT2D eigenvalue weighted by Crippen LogP contribution is -1.94. The third-order valence-corrected chi connectivity index (χ3v) is 3.17. The molecule has 0 bridgehead atoms. The highest BCUT2D eigenvalue weighted by molar-refractivity contribution is 9.10. The number of nitrogens with two attached hydrogens (primary N) is 1. The predicted molar refractivity (Wildman–Crippen MR) is 81.4 cm³/mol. The second-order valence-electron chi connectivity index (χ2n) is 4.13. The fourth-order valence-corrected chi connectivity index (χ4v) is 2.15. The van der Waals surface area contributed by atoms with E-state index in [1.165, 1.54) is 0 Å². The smallest absolute Gasteiger partial charge is 0.112 e. The third-order valence-electron chi connectivity index (χ3n) is 2.73. The Morgan fingerprint density at radius 2 is 1.84 bits per heavy atom. The first-order valence-electron chi connectivity index (χ1n) is 5.75. The zero-order valence-electron chi connectivity index (χ0n) is 9.97. The predicted octanol–water partition coefficient (Wildman–Crippen LogP) is 3.72. The number of aromatic nitrogens is 2. The van der Waals surface area contributed by atoms with Crippen molar-refractivity contribution in [3.63, 3.8) is 0 Å². The summed E-state index contributed by atoms with van der Waals surface area (Å²) in [5.41, 5.74) is 9.98. The molecule has 3 aromatic rings. The van der Waals surface area contributed by atoms with E-state index >= 15 is 0 Å². The van der Waals surface area contributed by atoms with Gasteiger partial charge < -0.3 is 11.1 Å². The monoisotopic (exact) mass is 314 g/mol. The van der Waals surface area contributed by atoms with Crippen LogP contribution in [0.2, 0.25) is 0 Å². The van der Waals surface area contributed by atoms with Crippen LogP contribution in [0.25, 0.3) is 11.0 Å². The highest BCUT2D eigenvalue weighted by atomic mass is 79.9. The number of hydrogen-bond donors (Lipinski definition) is 2. The molecule has 0 aliphatic carbocycles. The van der Waals surface area contributed by atoms with Crippen LogP contribution >= 0.6 is 15.9 Å². The molecule has 94 valence electrons. The Hall–Kier alpha value is -2.14. The molecule has 0 saturated carbocycles. The SMILES string of the molecule is Nc1ccc(Nc2ccnc3cc(Br)cnc23)cc1. The summed E-state index contributed by atoms with van der Waals surface area (Å²) in [6.45, 7) is 0. The molecular weight excluding hydrogens is 304 g/mol. The van der Waals surface area contributed by atoms with Crippen molar-refractivity contribution in [2.75, 3.05) is 11.1 Å². The summed E-state index contributed by atoms with van der Waals surface area (Å²) in [4.78, 5) is 8.70. The van der Waals surface area contributed by atoms with Gasteiger partial charge in [0.2, 0.25) is 0 Å². The first kappa shape index (κ1) is 11.9. The summed E-state index contributed by atoms with van der Waals surface area (Å²) < 4.78 is 0.914. The Kier molecular flexibility index (Phi) is 3.05. The number of halogens is 1. The number of benzene rings is 1. The van der Waals surface area contributed by atoms with Crippen LogP contribution in [0, 0.1) is 0 Å². The van der Waals surface area contributed by atoms with Crippen LogP contribution in [0.5, 0.6) is 0 Å². The molecule has 4 nitrogen and oxygen atoms in total. The van der Waals surface area contributed by atoms with Gasteiger partial charge in [-0.25, -0.2) is 0 Å². The van der Waals surface area contributed by atoms with Crippen LogP contribution in [0.15, 0.2) is 53.3 Å². The normalized spacial score (nSPS) is 10.6. The summed E-state index contributed by atoms with van der Waals surface area (Å²) >= 11 is 3.39. The molecule has 0 amide bonds. The van der Waals surface area contributed by atoms with Crippen molar-refractivity contribution in [2.45, 2.75) is 0 Å². The van der Waals surface area contributed by atoms with Gasteiger partial charge in [-0.3, -0.25) is 9.97 Å². The van der Waals surface area contributed by atoms with E-state index in [1.807, 2.05) is 36.4 Å². The van der Waals surface area contributed by atoms with Crippen molar-refractivity contribution in [3.8, 4) is 0 Å². The molecule has 0 aliphatic heterocycles. The standard InChI is InChI=1S/C14H11BrN4/c15-9-7-13-14(18-8-9)12(5-6-17-13)19-11-3-1-10(16)2-4-11/h1-8H,16H2,(H,17,19). The van der Waals surface area contributed by atoms with Gasteiger partial charge >= 0.3 is 0 Å². The molecule has 0 unspecified atom stereocenters. The van der Waals surface area contributed by atoms with E-state index in [-0.39, 0.29) is 0 Å². The summed E-state index contributed by atoms with van der Waals surface area (Å²) in [5.74, 6) is 0. The van der Waals surface area contributed by atoms with E-state index < -0.39 is 0 Å². The van der Waals surface area contributed by atoms with Crippen LogP contribution in [-0.2, 0) is 0 Å². The Bertz CT molecular complexity index is 725. The third kappa shape index (κ3) is 2.51. The Balaban J connectivity index is 2.03. The van der Waals surface area contributed by atoms with Crippen molar-refractivity contribution >= 4 is 44.0 Å². The van der Waals surface area contributed by atoms with Gasteiger partial charge in [-0.2, -0.15) is 0 Å². The minimum absolute atomic E-state index is 0.743. The number of hydrogen-bond acceptors (Lipinski definition) is 4. The number of nitrogens with one attached hydrogen (secondary N) is 1. The first-order chi connectivity index (χ1) is 9.22. The van der Waals surface area contributed by atoms with Crippen LogP contribution in [0.4, 0.5) is 17.1 Å². The first-order valence-corrected chi connectivity index (χ1v) is 6.54. The molecule has 0 fully saturated rings. The van der Waals surface area contributed by atoms with E-state index in [1.54, 1.807) is 12.4 Å². The van der Waals surface area contributed by atoms with Crippen molar-refractivity contribution in [1.82, 2.24) is 9.97 Å². The average molecular weight is 315 g/mol. The van der Waals surface area contributed by atoms with Gasteiger partial charge in [-0.15, -0.1) is 0 Å². The van der Waals surface area contributed by atoms with E-state index in [9.17, 15) is 0 Å². The fraction of sp³-hybridized carbons (Fsp3) is 0. The summed E-state index contributed by atoms with van der Waals surface area (Å²) in [6.07, 6.45) is 3.52. The number of anilines is 3. The molecule has 0 saturated heterocycles. The van der Waals surface area contributed by atoms with Gasteiger partial charge in [0, 0.05) is 28.2 Å². The van der Waals surface area contributed by atoms with Crippen LogP contribution in [0.1, 0.15) is 0 Å². The molecule has 5 heteroatoms. The zero-order chi connectivity index (χ0) is 13.2. The maximum Gasteiger partial charge on any atom is 0.112 e. The van der Waals surface area contributed by atoms with Crippen molar-refractivity contribution in [3.05, 3.63) is 53.3 Å². The minimum Gasteiger partial charge on any atom is -0.399 e. The Labute approximate surface area is 118 Å². The number of pyridine rings is 2. The number of nitrogen functional groups attached to an aromatic ring is 1. The van der Waals surface area contributed by atoms with Crippen LogP contribution in [-0.4, -0.2) is 9.97 Å². The molecule has 0 radical (unpaired) electrons. The summed E-state index contributed by atoms with van der Waals surface area (Å²) in [5, 5.41) is 3.32. The van der Waals surface area contributed by atoms with E-state index in [2.05, 4.69) is 31.2 Å². The van der Waals surface area contributed by atoms with Gasteiger partial charge in [0.05, 0.1) is 11.2 Å². The molecule has 1 aromatic carbocycles. The zero-order valence-corrected chi connectivity index (χ0v) is 11.6. The van der Waals surface area contributed by atoms with Crippen molar-refractivity contribution < 1.29 is 0 Å². The average Bonchev–Trinajstić information content (AvgIpc) is 2.41. The van der Waals surface area contributed by atoms with E-state index in [0.717, 1.165) is 32.6 Å². The summed E-state index contributed by atoms with van der Waals surface area (Å²) in [6, 6.07) is 11.4. The number of nitrogens with zero attached hydrogens (tertiary/aromatic N) is 2. The minimum atomic E-state index is 0.743. The van der Waals surface area contributed by atoms with Crippen LogP contribution < -0.4 is 11.1 Å². The van der Waals surface area contributed by atoms with E-state index in [0.29, 0.717) is 0 Å². The van der Waals surface area contributed by atoms with Gasteiger partial charge in [-0.1, -0.05) is 0 Å². The van der Waals surface area contributed by atoms with Gasteiger partial charge in [0.1, 0.15) is 5.52 Å². The molecule has 19 heavy (non-hydrogen) atoms. The Morgan fingerprint density at radius 1 is 1.05 bits per heavy atom. The van der Waals surface area contributed by atoms with Crippen molar-refractivity contribution in [1.29, 1.82) is 0 Å². The largest absolute Gasteiger partial charge is 0.399 e. The second kappa shape index (κ2) is 4.85. The maximum atomic E-state index is 5.67. The molecule has 2 aromatic heterocycles. The highest BCUT2D eigenvalue weighted by Gasteiger charge is 2.04. The number of rotatable bonds is 2. The molecule has 0 aliphatic rings. The van der Waals surface area contributed by atoms with Gasteiger partial charge in [0.15, 0.2) is 0 Å². The number of fused-ring (bicyclic) bond motifs is 1. The lowest BCUT2D eigenvalue weighted by molar-refractivity contribution is 1.32. The lowest BCUT2D eigenvalue weighted by atomic mass is 10.2. The molecule has 3 N–H and O–H groups in total. The maximum absolute atomic E-state index is 5.67. The molecule has 0 atom stereocenters. The fourth-order valence-electron chi connectivity index (χ4n) is 1.83. The molecular formula is C14H11BrN4. The second-order valence-corrected chi connectivity index (χ2v) is 5.04. The Morgan fingerprint density at radius 3 is 2.63 bits per heavy atom. The van der Waals surface area contributed by atoms with Crippen molar-refractivity contribution in [2.24, 2.45) is 0 Å². The molecule has 2 heterocycles. The van der Waals surface area contributed by atoms with Gasteiger partial charge in [-0.05, 0) is 52.3 Å². The van der Waals surface area contributed by atoms with Gasteiger partial charge in [0.25, 0.3) is 0 Å². The molecule has 3 rings (SSSR count). The van der Waals surface area contributed by atoms with E-state index in [4.69, 9.17) is 5.73 Å². The topological polar surface area (TPSA) is 63.8 Å². The lowest BCUT2D eigenvalue weighted by Gasteiger charge is -2.09.